The van der Waals surface area contributed by atoms with E-state index in [1.54, 1.807) is 23.5 Å². The second-order valence-electron chi connectivity index (χ2n) is 8.93. The van der Waals surface area contributed by atoms with Crippen LogP contribution >= 0.6 is 11.3 Å². The summed E-state index contributed by atoms with van der Waals surface area (Å²) in [5.74, 6) is 1.55. The van der Waals surface area contributed by atoms with E-state index in [0.717, 1.165) is 59.1 Å². The Morgan fingerprint density at radius 3 is 2.70 bits per heavy atom. The van der Waals surface area contributed by atoms with Gasteiger partial charge in [0.05, 0.1) is 40.9 Å². The van der Waals surface area contributed by atoms with Crippen molar-refractivity contribution in [2.45, 2.75) is 49.1 Å². The summed E-state index contributed by atoms with van der Waals surface area (Å²) >= 11 is 1.62. The number of aliphatic hydroxyl groups is 1. The first-order chi connectivity index (χ1) is 16.0. The molecule has 1 aromatic carbocycles. The minimum atomic E-state index is -1.12. The van der Waals surface area contributed by atoms with E-state index in [0.29, 0.717) is 35.4 Å². The van der Waals surface area contributed by atoms with Gasteiger partial charge in [0.1, 0.15) is 21.5 Å². The second-order valence-corrected chi connectivity index (χ2v) is 11.5. The third-order valence-corrected chi connectivity index (χ3v) is 9.37. The molecule has 1 fully saturated rings. The van der Waals surface area contributed by atoms with Crippen LogP contribution in [0, 0.1) is 5.82 Å². The average molecular weight is 486 g/mol. The molecule has 0 unspecified atom stereocenters. The number of benzene rings is 1. The van der Waals surface area contributed by atoms with Gasteiger partial charge < -0.3 is 15.3 Å². The summed E-state index contributed by atoms with van der Waals surface area (Å²) in [4.78, 5) is 18.4. The Balaban J connectivity index is 1.31. The van der Waals surface area contributed by atoms with Crippen molar-refractivity contribution < 1.29 is 13.7 Å². The summed E-state index contributed by atoms with van der Waals surface area (Å²) in [5, 5.41) is 14.3. The van der Waals surface area contributed by atoms with E-state index in [2.05, 4.69) is 10.2 Å². The van der Waals surface area contributed by atoms with Crippen LogP contribution < -0.4 is 10.2 Å². The fraction of sp³-hybridized carbons (Fsp3) is 0.435. The molecule has 2 aliphatic heterocycles. The highest BCUT2D eigenvalue weighted by molar-refractivity contribution is 7.85. The van der Waals surface area contributed by atoms with E-state index in [4.69, 9.17) is 15.0 Å². The Labute approximate surface area is 197 Å². The second kappa shape index (κ2) is 8.11. The molecule has 0 amide bonds. The largest absolute Gasteiger partial charge is 0.394 e. The number of halogens is 1. The smallest absolute Gasteiger partial charge is 0.227 e. The van der Waals surface area contributed by atoms with Crippen molar-refractivity contribution in [3.05, 3.63) is 46.3 Å². The monoisotopic (exact) mass is 485 g/mol. The van der Waals surface area contributed by atoms with Crippen molar-refractivity contribution in [2.75, 3.05) is 29.1 Å². The van der Waals surface area contributed by atoms with Gasteiger partial charge in [0.25, 0.3) is 0 Å². The average Bonchev–Trinajstić information content (AvgIpc) is 3.39. The Hall–Kier alpha value is -2.43. The number of rotatable bonds is 5. The summed E-state index contributed by atoms with van der Waals surface area (Å²) in [6, 6.07) is 6.44. The van der Waals surface area contributed by atoms with E-state index >= 15 is 0 Å². The van der Waals surface area contributed by atoms with Crippen LogP contribution in [0.3, 0.4) is 0 Å². The Morgan fingerprint density at radius 1 is 1.15 bits per heavy atom. The molecule has 4 heterocycles. The Bertz CT molecular complexity index is 1240. The fourth-order valence-corrected chi connectivity index (χ4v) is 7.10. The number of fused-ring (bicyclic) bond motifs is 2. The zero-order valence-electron chi connectivity index (χ0n) is 18.0. The molecular weight excluding hydrogens is 461 g/mol. The molecule has 1 atom stereocenters. The minimum absolute atomic E-state index is 0.0356. The van der Waals surface area contributed by atoms with Crippen LogP contribution in [0.5, 0.6) is 0 Å². The molecule has 3 aliphatic rings. The molecular formula is C23H24FN5O2S2. The van der Waals surface area contributed by atoms with Gasteiger partial charge in [-0.15, -0.1) is 11.3 Å². The van der Waals surface area contributed by atoms with Crippen LogP contribution in [0.1, 0.15) is 35.5 Å². The number of thiazole rings is 1. The van der Waals surface area contributed by atoms with Gasteiger partial charge in [-0.1, -0.05) is 0 Å². The molecule has 1 saturated carbocycles. The third kappa shape index (κ3) is 3.74. The summed E-state index contributed by atoms with van der Waals surface area (Å²) in [7, 11) is -1.12. The number of aryl methyl sites for hydroxylation is 1. The van der Waals surface area contributed by atoms with Gasteiger partial charge in [-0.3, -0.25) is 4.21 Å². The fourth-order valence-electron chi connectivity index (χ4n) is 4.67. The summed E-state index contributed by atoms with van der Waals surface area (Å²) in [5.41, 5.74) is 2.46. The molecule has 0 saturated heterocycles. The van der Waals surface area contributed by atoms with E-state index in [9.17, 15) is 13.7 Å². The minimum Gasteiger partial charge on any atom is -0.394 e. The number of hydrogen-bond acceptors (Lipinski definition) is 8. The van der Waals surface area contributed by atoms with Gasteiger partial charge >= 0.3 is 0 Å². The predicted octanol–water partition coefficient (Wildman–Crippen LogP) is 3.29. The topological polar surface area (TPSA) is 91.2 Å². The summed E-state index contributed by atoms with van der Waals surface area (Å²) in [6.45, 7) is 1.43. The van der Waals surface area contributed by atoms with Gasteiger partial charge in [0.2, 0.25) is 5.95 Å². The van der Waals surface area contributed by atoms with Crippen LogP contribution in [0.4, 0.5) is 16.2 Å². The predicted molar refractivity (Wildman–Crippen MR) is 127 cm³/mol. The van der Waals surface area contributed by atoms with Crippen molar-refractivity contribution in [1.82, 2.24) is 15.0 Å². The number of aromatic nitrogens is 3. The maximum Gasteiger partial charge on any atom is 0.227 e. The molecule has 10 heteroatoms. The highest BCUT2D eigenvalue weighted by atomic mass is 32.2. The molecule has 7 nitrogen and oxygen atoms in total. The molecule has 33 heavy (non-hydrogen) atoms. The Morgan fingerprint density at radius 2 is 1.97 bits per heavy atom. The van der Waals surface area contributed by atoms with Crippen LogP contribution in [-0.4, -0.2) is 48.7 Å². The lowest BCUT2D eigenvalue weighted by atomic mass is 9.77. The highest BCUT2D eigenvalue weighted by Crippen LogP contribution is 2.39. The summed E-state index contributed by atoms with van der Waals surface area (Å²) < 4.78 is 26.0. The van der Waals surface area contributed by atoms with Gasteiger partial charge in [0.15, 0.2) is 0 Å². The quantitative estimate of drug-likeness (QED) is 0.573. The lowest BCUT2D eigenvalue weighted by molar-refractivity contribution is 0.143. The normalized spacial score (nSPS) is 20.8. The molecule has 0 bridgehead atoms. The zero-order chi connectivity index (χ0) is 22.6. The van der Waals surface area contributed by atoms with Gasteiger partial charge in [-0.2, -0.15) is 4.98 Å². The molecule has 2 N–H and O–H groups in total. The van der Waals surface area contributed by atoms with Crippen molar-refractivity contribution in [3.63, 3.8) is 0 Å². The van der Waals surface area contributed by atoms with Crippen molar-refractivity contribution >= 4 is 33.9 Å². The number of nitrogens with one attached hydrogen (secondary N) is 1. The molecule has 6 rings (SSSR count). The lowest BCUT2D eigenvalue weighted by Gasteiger charge is -2.41. The number of anilines is 2. The third-order valence-electron chi connectivity index (χ3n) is 6.78. The Kier molecular flexibility index (Phi) is 5.19. The first-order valence-electron chi connectivity index (χ1n) is 11.2. The van der Waals surface area contributed by atoms with Crippen LogP contribution in [0.25, 0.3) is 10.6 Å². The zero-order valence-corrected chi connectivity index (χ0v) is 19.6. The highest BCUT2D eigenvalue weighted by Gasteiger charge is 2.39. The molecule has 0 spiro atoms. The first-order valence-corrected chi connectivity index (χ1v) is 13.3. The van der Waals surface area contributed by atoms with Crippen LogP contribution in [-0.2, 0) is 30.2 Å². The van der Waals surface area contributed by atoms with Crippen molar-refractivity contribution in [1.29, 1.82) is 0 Å². The molecule has 172 valence electrons. The SMILES string of the molecule is O=[S@]1CCc2nc(N3CCc4nc(-c5ccc(F)cc5)sc4C3)nc(NC3(CO)CCC3)c21. The van der Waals surface area contributed by atoms with Gasteiger partial charge in [-0.05, 0) is 43.5 Å². The van der Waals surface area contributed by atoms with Gasteiger partial charge in [0, 0.05) is 35.6 Å². The van der Waals surface area contributed by atoms with E-state index in [1.165, 1.54) is 12.1 Å². The van der Waals surface area contributed by atoms with Crippen LogP contribution in [0.15, 0.2) is 29.2 Å². The maximum absolute atomic E-state index is 13.3. The molecule has 1 aliphatic carbocycles. The standard InChI is InChI=1S/C23H24FN5O2S2/c24-15-4-2-14(3-5-15)21-25-16-6-10-29(12-18(16)32-21)22-26-17-7-11-33(31)19(17)20(27-22)28-23(13-30)8-1-9-23/h2-5,30H,1,6-13H2,(H,26,27,28)/t33-/m0/s1. The van der Waals surface area contributed by atoms with Crippen molar-refractivity contribution in [2.24, 2.45) is 0 Å². The van der Waals surface area contributed by atoms with Crippen LogP contribution in [0.2, 0.25) is 0 Å². The first kappa shape index (κ1) is 21.1. The van der Waals surface area contributed by atoms with Gasteiger partial charge in [-0.25, -0.2) is 14.4 Å². The number of nitrogens with zero attached hydrogens (tertiary/aromatic N) is 4. The molecule has 0 radical (unpaired) electrons. The molecule has 3 aromatic rings. The van der Waals surface area contributed by atoms with E-state index in [1.807, 2.05) is 0 Å². The maximum atomic E-state index is 13.3. The number of hydrogen-bond donors (Lipinski definition) is 2. The summed E-state index contributed by atoms with van der Waals surface area (Å²) in [6.07, 6.45) is 4.28. The van der Waals surface area contributed by atoms with E-state index in [-0.39, 0.29) is 18.0 Å². The molecule has 2 aromatic heterocycles. The number of aliphatic hydroxyl groups excluding tert-OH is 1. The lowest BCUT2D eigenvalue weighted by Crippen LogP contribution is -2.48. The van der Waals surface area contributed by atoms with E-state index < -0.39 is 10.8 Å². The van der Waals surface area contributed by atoms with Crippen molar-refractivity contribution in [3.8, 4) is 10.6 Å².